The molecule has 0 atom stereocenters. The number of anilines is 3. The van der Waals surface area contributed by atoms with E-state index in [4.69, 9.17) is 11.5 Å². The summed E-state index contributed by atoms with van der Waals surface area (Å²) in [5.41, 5.74) is 12.1. The topological polar surface area (TPSA) is 116 Å². The van der Waals surface area contributed by atoms with Gasteiger partial charge in [0.05, 0.1) is 0 Å². The second kappa shape index (κ2) is 5.83. The van der Waals surface area contributed by atoms with Crippen molar-refractivity contribution in [2.24, 2.45) is 0 Å². The molecule has 0 amide bonds. The zero-order chi connectivity index (χ0) is 13.0. The molecule has 0 radical (unpaired) electrons. The first kappa shape index (κ1) is 12.8. The average molecular weight is 283 g/mol. The van der Waals surface area contributed by atoms with Gasteiger partial charge in [0.15, 0.2) is 5.16 Å². The lowest BCUT2D eigenvalue weighted by atomic mass is 10.5. The zero-order valence-corrected chi connectivity index (χ0v) is 11.4. The van der Waals surface area contributed by atoms with Gasteiger partial charge in [-0.1, -0.05) is 16.3 Å². The summed E-state index contributed by atoms with van der Waals surface area (Å²) in [4.78, 5) is 8.19. The van der Waals surface area contributed by atoms with Crippen molar-refractivity contribution < 1.29 is 0 Å². The van der Waals surface area contributed by atoms with Crippen LogP contribution in [0.2, 0.25) is 0 Å². The first-order valence-corrected chi connectivity index (χ1v) is 7.03. The lowest BCUT2D eigenvalue weighted by molar-refractivity contribution is 0.979. The van der Waals surface area contributed by atoms with Crippen molar-refractivity contribution in [2.75, 3.05) is 23.3 Å². The zero-order valence-electron chi connectivity index (χ0n) is 9.75. The third-order valence-corrected chi connectivity index (χ3v) is 3.56. The number of aromatic nitrogens is 4. The first-order valence-electron chi connectivity index (χ1n) is 5.27. The van der Waals surface area contributed by atoms with E-state index in [1.54, 1.807) is 0 Å². The van der Waals surface area contributed by atoms with Gasteiger partial charge in [0, 0.05) is 29.9 Å². The molecule has 0 aromatic carbocycles. The molecule has 9 heteroatoms. The molecule has 5 N–H and O–H groups in total. The van der Waals surface area contributed by atoms with E-state index in [1.165, 1.54) is 29.4 Å². The van der Waals surface area contributed by atoms with Gasteiger partial charge >= 0.3 is 0 Å². The van der Waals surface area contributed by atoms with Crippen molar-refractivity contribution in [3.8, 4) is 0 Å². The molecule has 96 valence electrons. The van der Waals surface area contributed by atoms with E-state index in [-0.39, 0.29) is 0 Å². The van der Waals surface area contributed by atoms with Crippen LogP contribution in [-0.4, -0.2) is 26.1 Å². The minimum absolute atomic E-state index is 0.369. The fourth-order valence-corrected chi connectivity index (χ4v) is 2.80. The summed E-state index contributed by atoms with van der Waals surface area (Å²) >= 11 is 2.77. The van der Waals surface area contributed by atoms with Gasteiger partial charge in [0.2, 0.25) is 0 Å². The van der Waals surface area contributed by atoms with E-state index in [1.807, 2.05) is 6.92 Å². The highest BCUT2D eigenvalue weighted by Gasteiger charge is 2.09. The van der Waals surface area contributed by atoms with Gasteiger partial charge in [0.1, 0.15) is 22.3 Å². The summed E-state index contributed by atoms with van der Waals surface area (Å²) in [6.45, 7) is 2.86. The predicted octanol–water partition coefficient (Wildman–Crippen LogP) is 1.22. The second-order valence-corrected chi connectivity index (χ2v) is 5.06. The molecule has 0 saturated heterocycles. The van der Waals surface area contributed by atoms with Crippen LogP contribution in [0.5, 0.6) is 0 Å². The largest absolute Gasteiger partial charge is 0.383 e. The van der Waals surface area contributed by atoms with E-state index >= 15 is 0 Å². The summed E-state index contributed by atoms with van der Waals surface area (Å²) in [7, 11) is 0. The molecule has 0 aliphatic heterocycles. The van der Waals surface area contributed by atoms with Crippen LogP contribution in [0.25, 0.3) is 0 Å². The van der Waals surface area contributed by atoms with Crippen molar-refractivity contribution in [3.63, 3.8) is 0 Å². The van der Waals surface area contributed by atoms with Crippen LogP contribution in [0.15, 0.2) is 11.2 Å². The van der Waals surface area contributed by atoms with Crippen LogP contribution < -0.4 is 16.8 Å². The van der Waals surface area contributed by atoms with E-state index in [0.29, 0.717) is 22.5 Å². The maximum Gasteiger partial charge on any atom is 0.191 e. The SMILES string of the molecule is CCNc1snnc1CSc1nc(N)cc(N)n1. The molecule has 0 bridgehead atoms. The number of nitrogens with two attached hydrogens (primary N) is 2. The van der Waals surface area contributed by atoms with Crippen molar-refractivity contribution in [1.82, 2.24) is 19.6 Å². The fraction of sp³-hybridized carbons (Fsp3) is 0.333. The Morgan fingerprint density at radius 2 is 2.06 bits per heavy atom. The molecular formula is C9H13N7S2. The van der Waals surface area contributed by atoms with Crippen molar-refractivity contribution in [3.05, 3.63) is 11.8 Å². The molecule has 0 aliphatic carbocycles. The highest BCUT2D eigenvalue weighted by atomic mass is 32.2. The molecule has 0 saturated carbocycles. The third kappa shape index (κ3) is 3.20. The van der Waals surface area contributed by atoms with Crippen LogP contribution in [0.4, 0.5) is 16.6 Å². The standard InChI is InChI=1S/C9H13N7S2/c1-2-12-8-5(15-16-18-8)4-17-9-13-6(10)3-7(11)14-9/h3,12H,2,4H2,1H3,(H4,10,11,13,14). The maximum absolute atomic E-state index is 5.60. The number of nitrogen functional groups attached to an aromatic ring is 2. The van der Waals surface area contributed by atoms with Gasteiger partial charge < -0.3 is 16.8 Å². The van der Waals surface area contributed by atoms with Gasteiger partial charge in [0.25, 0.3) is 0 Å². The molecular weight excluding hydrogens is 270 g/mol. The summed E-state index contributed by atoms with van der Waals surface area (Å²) in [5.74, 6) is 1.36. The van der Waals surface area contributed by atoms with Crippen LogP contribution in [0, 0.1) is 0 Å². The van der Waals surface area contributed by atoms with Crippen LogP contribution in [-0.2, 0) is 5.75 Å². The van der Waals surface area contributed by atoms with Crippen molar-refractivity contribution in [1.29, 1.82) is 0 Å². The number of nitrogens with one attached hydrogen (secondary N) is 1. The highest BCUT2D eigenvalue weighted by Crippen LogP contribution is 2.26. The van der Waals surface area contributed by atoms with E-state index in [0.717, 1.165) is 17.2 Å². The quantitative estimate of drug-likeness (QED) is 0.554. The number of hydrogen-bond acceptors (Lipinski definition) is 9. The number of nitrogens with zero attached hydrogens (tertiary/aromatic N) is 4. The Hall–Kier alpha value is -1.61. The summed E-state index contributed by atoms with van der Waals surface area (Å²) < 4.78 is 3.91. The monoisotopic (exact) mass is 283 g/mol. The summed E-state index contributed by atoms with van der Waals surface area (Å²) in [6.07, 6.45) is 0. The number of hydrogen-bond donors (Lipinski definition) is 3. The Kier molecular flexibility index (Phi) is 4.15. The molecule has 2 aromatic rings. The molecule has 0 fully saturated rings. The molecule has 0 spiro atoms. The summed E-state index contributed by atoms with van der Waals surface area (Å²) in [5, 5.41) is 8.79. The lowest BCUT2D eigenvalue weighted by Crippen LogP contribution is -2.00. The Morgan fingerprint density at radius 1 is 1.33 bits per heavy atom. The molecule has 7 nitrogen and oxygen atoms in total. The van der Waals surface area contributed by atoms with E-state index in [9.17, 15) is 0 Å². The molecule has 2 aromatic heterocycles. The Balaban J connectivity index is 2.04. The van der Waals surface area contributed by atoms with Gasteiger partial charge in [-0.3, -0.25) is 0 Å². The van der Waals surface area contributed by atoms with Crippen LogP contribution in [0.1, 0.15) is 12.6 Å². The Labute approximate surface area is 113 Å². The highest BCUT2D eigenvalue weighted by molar-refractivity contribution is 7.98. The van der Waals surface area contributed by atoms with Crippen molar-refractivity contribution >= 4 is 39.9 Å². The number of thioether (sulfide) groups is 1. The van der Waals surface area contributed by atoms with Gasteiger partial charge in [-0.2, -0.15) is 0 Å². The second-order valence-electron chi connectivity index (χ2n) is 3.37. The van der Waals surface area contributed by atoms with E-state index in [2.05, 4.69) is 24.9 Å². The number of rotatable bonds is 5. The Morgan fingerprint density at radius 3 is 2.72 bits per heavy atom. The molecule has 0 unspecified atom stereocenters. The lowest BCUT2D eigenvalue weighted by Gasteiger charge is -2.03. The van der Waals surface area contributed by atoms with Crippen molar-refractivity contribution in [2.45, 2.75) is 17.8 Å². The average Bonchev–Trinajstić information content (AvgIpc) is 2.73. The van der Waals surface area contributed by atoms with E-state index < -0.39 is 0 Å². The van der Waals surface area contributed by atoms with Gasteiger partial charge in [-0.15, -0.1) is 5.10 Å². The summed E-state index contributed by atoms with van der Waals surface area (Å²) in [6, 6.07) is 1.53. The Bertz CT molecular complexity index is 507. The smallest absolute Gasteiger partial charge is 0.191 e. The molecule has 18 heavy (non-hydrogen) atoms. The normalized spacial score (nSPS) is 10.5. The predicted molar refractivity (Wildman–Crippen MR) is 74.5 cm³/mol. The first-order chi connectivity index (χ1) is 8.69. The van der Waals surface area contributed by atoms with Gasteiger partial charge in [-0.25, -0.2) is 9.97 Å². The van der Waals surface area contributed by atoms with Crippen LogP contribution >= 0.6 is 23.3 Å². The van der Waals surface area contributed by atoms with Crippen LogP contribution in [0.3, 0.4) is 0 Å². The van der Waals surface area contributed by atoms with Gasteiger partial charge in [-0.05, 0) is 6.92 Å². The maximum atomic E-state index is 5.60. The fourth-order valence-electron chi connectivity index (χ4n) is 1.26. The molecule has 2 heterocycles. The minimum Gasteiger partial charge on any atom is -0.383 e. The molecule has 2 rings (SSSR count). The molecule has 0 aliphatic rings. The minimum atomic E-state index is 0.369. The third-order valence-electron chi connectivity index (χ3n) is 1.98.